The highest BCUT2D eigenvalue weighted by Gasteiger charge is 2.43. The first-order valence-corrected chi connectivity index (χ1v) is 27.7. The van der Waals surface area contributed by atoms with Crippen molar-refractivity contribution in [3.05, 3.63) is 285 Å². The Labute approximate surface area is 467 Å². The highest BCUT2D eigenvalue weighted by Crippen LogP contribution is 2.49. The predicted octanol–water partition coefficient (Wildman–Crippen LogP) is 17.9. The smallest absolute Gasteiger partial charge is 0.262 e. The molecule has 0 spiro atoms. The Balaban J connectivity index is 0.873. The van der Waals surface area contributed by atoms with E-state index in [1.165, 1.54) is 32.6 Å². The molecule has 0 atom stereocenters. The molecular weight excluding hydrogens is 988 g/mol. The lowest BCUT2D eigenvalue weighted by Crippen LogP contribution is -2.58. The van der Waals surface area contributed by atoms with Gasteiger partial charge < -0.3 is 28.4 Å². The minimum Gasteiger partial charge on any atom is -0.458 e. The molecule has 0 saturated carbocycles. The van der Waals surface area contributed by atoms with Crippen LogP contribution < -0.4 is 35.7 Å². The Bertz CT molecular complexity index is 4710. The molecule has 0 saturated heterocycles. The average molecular weight is 1040 g/mol. The van der Waals surface area contributed by atoms with Crippen molar-refractivity contribution in [2.75, 3.05) is 9.80 Å². The maximum absolute atomic E-state index is 7.26. The number of hydrogen-bond donors (Lipinski definition) is 0. The molecule has 2 aromatic heterocycles. The maximum atomic E-state index is 7.26. The second-order valence-electron chi connectivity index (χ2n) is 21.1. The highest BCUT2D eigenvalue weighted by atomic mass is 16.5. The van der Waals surface area contributed by atoms with Crippen LogP contribution in [0.25, 0.3) is 76.5 Å². The van der Waals surface area contributed by atoms with Gasteiger partial charge in [-0.15, -0.1) is 0 Å². The fraction of sp³-hybridized carbons (Fsp3) is 0. The van der Waals surface area contributed by atoms with Gasteiger partial charge in [-0.05, 0) is 131 Å². The van der Waals surface area contributed by atoms with Crippen LogP contribution in [0.5, 0.6) is 23.0 Å². The SMILES string of the molecule is c1ccc(N(c2ccc3c(c2)c2ccccc2n3-c2ccccc2)c2cc3c(c4ccccc24)B2c4c(cccc4Oc4cc(N(c5ccccc5)c5ccc6c(c5)c5ccccc5n6-c5ccccc5)c5ccccc5c42)O3)cc1. The molecular formula is C74H47BN4O2. The van der Waals surface area contributed by atoms with E-state index in [4.69, 9.17) is 9.47 Å². The fourth-order valence-corrected chi connectivity index (χ4v) is 13.4. The van der Waals surface area contributed by atoms with Crippen molar-refractivity contribution >= 4 is 122 Å². The number of hydrogen-bond acceptors (Lipinski definition) is 4. The first-order valence-electron chi connectivity index (χ1n) is 27.7. The minimum atomic E-state index is -0.224. The van der Waals surface area contributed by atoms with E-state index in [0.717, 1.165) is 117 Å². The Morgan fingerprint density at radius 3 is 1.04 bits per heavy atom. The molecule has 13 aromatic carbocycles. The number of fused-ring (bicyclic) bond motifs is 14. The van der Waals surface area contributed by atoms with E-state index in [1.54, 1.807) is 0 Å². The van der Waals surface area contributed by atoms with Crippen LogP contribution >= 0.6 is 0 Å². The third kappa shape index (κ3) is 6.89. The van der Waals surface area contributed by atoms with Crippen LogP contribution in [0.1, 0.15) is 0 Å². The van der Waals surface area contributed by atoms with E-state index in [9.17, 15) is 0 Å². The van der Waals surface area contributed by atoms with Gasteiger partial charge in [-0.1, -0.05) is 164 Å². The molecule has 7 heteroatoms. The lowest BCUT2D eigenvalue weighted by atomic mass is 9.33. The van der Waals surface area contributed by atoms with Gasteiger partial charge in [0.1, 0.15) is 23.0 Å². The summed E-state index contributed by atoms with van der Waals surface area (Å²) in [6.45, 7) is -0.224. The first-order chi connectivity index (χ1) is 40.2. The van der Waals surface area contributed by atoms with Crippen molar-refractivity contribution in [3.8, 4) is 34.4 Å². The first kappa shape index (κ1) is 45.3. The molecule has 0 amide bonds. The lowest BCUT2D eigenvalue weighted by molar-refractivity contribution is 0.465. The van der Waals surface area contributed by atoms with E-state index in [1.807, 2.05) is 0 Å². The number of para-hydroxylation sites is 6. The van der Waals surface area contributed by atoms with Gasteiger partial charge in [0.2, 0.25) is 0 Å². The lowest BCUT2D eigenvalue weighted by Gasteiger charge is -2.37. The van der Waals surface area contributed by atoms with Crippen LogP contribution in [0.15, 0.2) is 285 Å². The summed E-state index contributed by atoms with van der Waals surface area (Å²) in [6.07, 6.45) is 0. The van der Waals surface area contributed by atoms with Gasteiger partial charge >= 0.3 is 0 Å². The number of rotatable bonds is 8. The van der Waals surface area contributed by atoms with E-state index in [2.05, 4.69) is 304 Å². The van der Waals surface area contributed by atoms with Crippen LogP contribution in [-0.4, -0.2) is 15.8 Å². The Morgan fingerprint density at radius 1 is 0.247 bits per heavy atom. The summed E-state index contributed by atoms with van der Waals surface area (Å²) in [6, 6.07) is 103. The topological polar surface area (TPSA) is 34.8 Å². The van der Waals surface area contributed by atoms with Crippen molar-refractivity contribution in [2.45, 2.75) is 0 Å². The Hall–Kier alpha value is -10.8. The Kier molecular flexibility index (Phi) is 10.0. The molecule has 0 unspecified atom stereocenters. The van der Waals surface area contributed by atoms with Gasteiger partial charge in [-0.3, -0.25) is 0 Å². The molecule has 0 aliphatic carbocycles. The minimum absolute atomic E-state index is 0.224. The number of aromatic nitrogens is 2. The van der Waals surface area contributed by atoms with Gasteiger partial charge in [0.15, 0.2) is 0 Å². The van der Waals surface area contributed by atoms with Crippen molar-refractivity contribution < 1.29 is 9.47 Å². The van der Waals surface area contributed by atoms with Crippen LogP contribution in [0.3, 0.4) is 0 Å². The van der Waals surface area contributed by atoms with E-state index < -0.39 is 0 Å². The van der Waals surface area contributed by atoms with Gasteiger partial charge in [-0.25, -0.2) is 0 Å². The van der Waals surface area contributed by atoms with Crippen LogP contribution in [0.2, 0.25) is 0 Å². The molecule has 4 heterocycles. The third-order valence-corrected chi connectivity index (χ3v) is 16.8. The zero-order chi connectivity index (χ0) is 53.1. The standard InChI is InChI=1S/C74H47BN4O2/c1-5-22-48(23-6-1)76(52-40-42-64-60(44-52)56-32-17-19-36-62(56)78(64)50-26-9-3-10-27-50)66-46-70-72(58-34-15-13-30-54(58)66)75-73-59-35-16-14-31-55(59)67(47-71(73)81-69-39-21-38-68(80-70)74(69)75)77(49-24-7-2-8-25-49)53-41-43-65-61(45-53)57-33-18-20-37-63(57)79(65)51-28-11-4-12-29-51/h1-47H. The molecule has 0 bridgehead atoms. The largest absolute Gasteiger partial charge is 0.458 e. The molecule has 2 aliphatic rings. The second-order valence-corrected chi connectivity index (χ2v) is 21.1. The van der Waals surface area contributed by atoms with Crippen LogP contribution in [0, 0.1) is 0 Å². The molecule has 6 nitrogen and oxygen atoms in total. The van der Waals surface area contributed by atoms with Crippen molar-refractivity contribution in [1.29, 1.82) is 0 Å². The third-order valence-electron chi connectivity index (χ3n) is 16.8. The van der Waals surface area contributed by atoms with Crippen LogP contribution in [0.4, 0.5) is 34.1 Å². The van der Waals surface area contributed by atoms with E-state index in [-0.39, 0.29) is 6.71 Å². The zero-order valence-electron chi connectivity index (χ0n) is 43.8. The molecule has 15 aromatic rings. The van der Waals surface area contributed by atoms with Gasteiger partial charge in [0.05, 0.1) is 33.4 Å². The second kappa shape index (κ2) is 17.9. The molecule has 0 fully saturated rings. The number of ether oxygens (including phenoxy) is 2. The average Bonchev–Trinajstić information content (AvgIpc) is 3.56. The monoisotopic (exact) mass is 1030 g/mol. The summed E-state index contributed by atoms with van der Waals surface area (Å²) in [5, 5.41) is 9.23. The number of anilines is 6. The summed E-state index contributed by atoms with van der Waals surface area (Å²) in [5.41, 5.74) is 16.4. The van der Waals surface area contributed by atoms with Gasteiger partial charge in [0.25, 0.3) is 6.71 Å². The quantitative estimate of drug-likeness (QED) is 0.142. The molecule has 2 aliphatic heterocycles. The summed E-state index contributed by atoms with van der Waals surface area (Å²) in [5.74, 6) is 3.22. The number of benzene rings is 13. The van der Waals surface area contributed by atoms with Crippen molar-refractivity contribution in [1.82, 2.24) is 9.13 Å². The maximum Gasteiger partial charge on any atom is 0.262 e. The normalized spacial score (nSPS) is 12.4. The number of nitrogens with zero attached hydrogens (tertiary/aromatic N) is 4. The molecule has 0 radical (unpaired) electrons. The Morgan fingerprint density at radius 2 is 0.605 bits per heavy atom. The fourth-order valence-electron chi connectivity index (χ4n) is 13.4. The predicted molar refractivity (Wildman–Crippen MR) is 337 cm³/mol. The summed E-state index contributed by atoms with van der Waals surface area (Å²) < 4.78 is 19.3. The highest BCUT2D eigenvalue weighted by molar-refractivity contribution is 7.01. The van der Waals surface area contributed by atoms with Crippen molar-refractivity contribution in [2.24, 2.45) is 0 Å². The van der Waals surface area contributed by atoms with E-state index >= 15 is 0 Å². The molecule has 378 valence electrons. The molecule has 81 heavy (non-hydrogen) atoms. The molecule has 0 N–H and O–H groups in total. The summed E-state index contributed by atoms with van der Waals surface area (Å²) in [7, 11) is 0. The van der Waals surface area contributed by atoms with Gasteiger partial charge in [0, 0.05) is 84.0 Å². The van der Waals surface area contributed by atoms with Crippen molar-refractivity contribution in [3.63, 3.8) is 0 Å². The molecule has 17 rings (SSSR count). The summed E-state index contributed by atoms with van der Waals surface area (Å²) in [4.78, 5) is 4.81. The summed E-state index contributed by atoms with van der Waals surface area (Å²) >= 11 is 0. The van der Waals surface area contributed by atoms with Gasteiger partial charge in [-0.2, -0.15) is 0 Å². The van der Waals surface area contributed by atoms with Crippen LogP contribution in [-0.2, 0) is 0 Å². The zero-order valence-corrected chi connectivity index (χ0v) is 43.8. The van der Waals surface area contributed by atoms with E-state index in [0.29, 0.717) is 0 Å².